The summed E-state index contributed by atoms with van der Waals surface area (Å²) in [6, 6.07) is 5.53. The van der Waals surface area contributed by atoms with Crippen LogP contribution in [-0.2, 0) is 14.3 Å². The maximum Gasteiger partial charge on any atom is 0.337 e. The topological polar surface area (TPSA) is 83.9 Å². The average molecular weight is 379 g/mol. The molecule has 1 heterocycles. The third kappa shape index (κ3) is 4.08. The standard InChI is InChI=1S/C17H17NO5S2/c1-9(2)13(15(20)21)18-14(19)12(25-17(18)24)8-10-4-6-11(7-5-10)16(22)23-3/h4-9,13H,1-3H3,(H,20,21). The molecule has 0 bridgehead atoms. The van der Waals surface area contributed by atoms with Crippen molar-refractivity contribution < 1.29 is 24.2 Å². The molecule has 0 spiro atoms. The predicted octanol–water partition coefficient (Wildman–Crippen LogP) is 2.78. The molecule has 0 aromatic heterocycles. The molecule has 25 heavy (non-hydrogen) atoms. The Morgan fingerprint density at radius 3 is 2.36 bits per heavy atom. The Morgan fingerprint density at radius 2 is 1.88 bits per heavy atom. The molecule has 1 amide bonds. The Morgan fingerprint density at radius 1 is 1.28 bits per heavy atom. The van der Waals surface area contributed by atoms with Gasteiger partial charge in [-0.25, -0.2) is 9.59 Å². The number of aliphatic carboxylic acids is 1. The summed E-state index contributed by atoms with van der Waals surface area (Å²) in [5, 5.41) is 9.40. The number of esters is 1. The van der Waals surface area contributed by atoms with Crippen LogP contribution in [0.4, 0.5) is 0 Å². The van der Waals surface area contributed by atoms with Gasteiger partial charge in [0.1, 0.15) is 10.4 Å². The molecule has 1 unspecified atom stereocenters. The van der Waals surface area contributed by atoms with Crippen molar-refractivity contribution >= 4 is 52.2 Å². The minimum Gasteiger partial charge on any atom is -0.480 e. The quantitative estimate of drug-likeness (QED) is 0.478. The van der Waals surface area contributed by atoms with E-state index in [0.29, 0.717) is 16.0 Å². The zero-order valence-corrected chi connectivity index (χ0v) is 15.5. The van der Waals surface area contributed by atoms with Crippen molar-refractivity contribution in [3.8, 4) is 0 Å². The molecule has 0 aliphatic carbocycles. The summed E-state index contributed by atoms with van der Waals surface area (Å²) >= 11 is 6.27. The van der Waals surface area contributed by atoms with E-state index in [1.807, 2.05) is 0 Å². The molecule has 1 aromatic rings. The molecule has 6 nitrogen and oxygen atoms in total. The van der Waals surface area contributed by atoms with Crippen LogP contribution in [0.1, 0.15) is 29.8 Å². The maximum atomic E-state index is 12.6. The number of carboxylic acid groups (broad SMARTS) is 1. The number of thiocarbonyl (C=S) groups is 1. The summed E-state index contributed by atoms with van der Waals surface area (Å²) in [6.07, 6.45) is 1.62. The van der Waals surface area contributed by atoms with Crippen LogP contribution >= 0.6 is 24.0 Å². The molecular weight excluding hydrogens is 362 g/mol. The molecule has 0 radical (unpaired) electrons. The van der Waals surface area contributed by atoms with Gasteiger partial charge in [0.05, 0.1) is 17.6 Å². The Hall–Kier alpha value is -2.19. The molecule has 1 aromatic carbocycles. The summed E-state index contributed by atoms with van der Waals surface area (Å²) in [5.74, 6) is -2.24. The van der Waals surface area contributed by atoms with E-state index >= 15 is 0 Å². The zero-order chi connectivity index (χ0) is 18.7. The van der Waals surface area contributed by atoms with Crippen LogP contribution in [0.25, 0.3) is 6.08 Å². The molecule has 1 N–H and O–H groups in total. The second-order valence-corrected chi connectivity index (χ2v) is 7.37. The molecule has 1 saturated heterocycles. The van der Waals surface area contributed by atoms with Gasteiger partial charge in [0.25, 0.3) is 5.91 Å². The van der Waals surface area contributed by atoms with Crippen LogP contribution in [-0.4, -0.2) is 45.3 Å². The third-order valence-electron chi connectivity index (χ3n) is 3.62. The highest BCUT2D eigenvalue weighted by atomic mass is 32.2. The van der Waals surface area contributed by atoms with E-state index in [0.717, 1.165) is 16.7 Å². The maximum absolute atomic E-state index is 12.6. The number of carbonyl (C=O) groups excluding carboxylic acids is 2. The number of hydrogen-bond acceptors (Lipinski definition) is 6. The van der Waals surface area contributed by atoms with Crippen molar-refractivity contribution in [2.45, 2.75) is 19.9 Å². The van der Waals surface area contributed by atoms with E-state index in [2.05, 4.69) is 4.74 Å². The lowest BCUT2D eigenvalue weighted by molar-refractivity contribution is -0.146. The largest absolute Gasteiger partial charge is 0.480 e. The number of methoxy groups -OCH3 is 1. The lowest BCUT2D eigenvalue weighted by Crippen LogP contribution is -2.47. The SMILES string of the molecule is COC(=O)c1ccc(C=C2SC(=S)N(C(C(=O)O)C(C)C)C2=O)cc1. The van der Waals surface area contributed by atoms with Gasteiger partial charge < -0.3 is 9.84 Å². The Kier molecular flexibility index (Phi) is 5.97. The van der Waals surface area contributed by atoms with Gasteiger partial charge in [-0.15, -0.1) is 0 Å². The fourth-order valence-corrected chi connectivity index (χ4v) is 3.73. The van der Waals surface area contributed by atoms with Crippen molar-refractivity contribution in [1.29, 1.82) is 0 Å². The van der Waals surface area contributed by atoms with Crippen LogP contribution in [0, 0.1) is 5.92 Å². The van der Waals surface area contributed by atoms with Gasteiger partial charge in [-0.3, -0.25) is 9.69 Å². The monoisotopic (exact) mass is 379 g/mol. The number of benzene rings is 1. The highest BCUT2D eigenvalue weighted by Crippen LogP contribution is 2.35. The van der Waals surface area contributed by atoms with Gasteiger partial charge in [-0.2, -0.15) is 0 Å². The van der Waals surface area contributed by atoms with Crippen molar-refractivity contribution in [2.24, 2.45) is 5.92 Å². The lowest BCUT2D eigenvalue weighted by Gasteiger charge is -2.26. The lowest BCUT2D eigenvalue weighted by atomic mass is 10.0. The van der Waals surface area contributed by atoms with Gasteiger partial charge in [0.15, 0.2) is 0 Å². The first kappa shape index (κ1) is 19.1. The molecule has 1 aliphatic heterocycles. The highest BCUT2D eigenvalue weighted by Gasteiger charge is 2.41. The molecular formula is C17H17NO5S2. The van der Waals surface area contributed by atoms with Gasteiger partial charge in [-0.1, -0.05) is 50.0 Å². The Bertz CT molecular complexity index is 755. The van der Waals surface area contributed by atoms with Crippen molar-refractivity contribution in [3.63, 3.8) is 0 Å². The summed E-state index contributed by atoms with van der Waals surface area (Å²) in [4.78, 5) is 37.0. The summed E-state index contributed by atoms with van der Waals surface area (Å²) < 4.78 is 4.86. The Labute approximate surface area is 154 Å². The summed E-state index contributed by atoms with van der Waals surface area (Å²) in [7, 11) is 1.30. The minimum atomic E-state index is -1.09. The first-order chi connectivity index (χ1) is 11.8. The van der Waals surface area contributed by atoms with Crippen molar-refractivity contribution in [3.05, 3.63) is 40.3 Å². The highest BCUT2D eigenvalue weighted by molar-refractivity contribution is 8.26. The smallest absolute Gasteiger partial charge is 0.337 e. The number of nitrogens with zero attached hydrogens (tertiary/aromatic N) is 1. The van der Waals surface area contributed by atoms with Gasteiger partial charge in [-0.05, 0) is 29.7 Å². The molecule has 8 heteroatoms. The van der Waals surface area contributed by atoms with E-state index < -0.39 is 23.9 Å². The van der Waals surface area contributed by atoms with Crippen LogP contribution in [0.2, 0.25) is 0 Å². The van der Waals surface area contributed by atoms with E-state index in [1.54, 1.807) is 44.2 Å². The number of carbonyl (C=O) groups is 3. The molecule has 132 valence electrons. The van der Waals surface area contributed by atoms with Crippen LogP contribution in [0.3, 0.4) is 0 Å². The van der Waals surface area contributed by atoms with E-state index in [-0.39, 0.29) is 10.2 Å². The van der Waals surface area contributed by atoms with E-state index in [4.69, 9.17) is 12.2 Å². The minimum absolute atomic E-state index is 0.225. The van der Waals surface area contributed by atoms with Gasteiger partial charge >= 0.3 is 11.9 Å². The fraction of sp³-hybridized carbons (Fsp3) is 0.294. The fourth-order valence-electron chi connectivity index (χ4n) is 2.40. The zero-order valence-electron chi connectivity index (χ0n) is 13.9. The van der Waals surface area contributed by atoms with Crippen LogP contribution in [0.5, 0.6) is 0 Å². The van der Waals surface area contributed by atoms with E-state index in [1.165, 1.54) is 7.11 Å². The number of carboxylic acids is 1. The number of ether oxygens (including phenoxy) is 1. The third-order valence-corrected chi connectivity index (χ3v) is 4.95. The van der Waals surface area contributed by atoms with E-state index in [9.17, 15) is 19.5 Å². The number of thioether (sulfide) groups is 1. The number of amides is 1. The summed E-state index contributed by atoms with van der Waals surface area (Å²) in [6.45, 7) is 3.46. The molecule has 1 atom stereocenters. The van der Waals surface area contributed by atoms with Crippen LogP contribution < -0.4 is 0 Å². The van der Waals surface area contributed by atoms with Gasteiger partial charge in [0.2, 0.25) is 0 Å². The second kappa shape index (κ2) is 7.79. The number of rotatable bonds is 5. The number of hydrogen-bond donors (Lipinski definition) is 1. The molecule has 1 fully saturated rings. The van der Waals surface area contributed by atoms with Crippen LogP contribution in [0.15, 0.2) is 29.2 Å². The normalized spacial score (nSPS) is 17.3. The molecule has 1 aliphatic rings. The second-order valence-electron chi connectivity index (χ2n) is 5.69. The average Bonchev–Trinajstić information content (AvgIpc) is 2.82. The first-order valence-electron chi connectivity index (χ1n) is 7.44. The van der Waals surface area contributed by atoms with Gasteiger partial charge in [0, 0.05) is 0 Å². The molecule has 0 saturated carbocycles. The predicted molar refractivity (Wildman–Crippen MR) is 99.1 cm³/mol. The summed E-state index contributed by atoms with van der Waals surface area (Å²) in [5.41, 5.74) is 1.10. The van der Waals surface area contributed by atoms with Crippen molar-refractivity contribution in [2.75, 3.05) is 7.11 Å². The Balaban J connectivity index is 2.28. The first-order valence-corrected chi connectivity index (χ1v) is 8.67. The van der Waals surface area contributed by atoms with Crippen molar-refractivity contribution in [1.82, 2.24) is 4.90 Å². The molecule has 2 rings (SSSR count).